The van der Waals surface area contributed by atoms with Crippen LogP contribution in [-0.2, 0) is 4.74 Å². The monoisotopic (exact) mass is 246 g/mol. The van der Waals surface area contributed by atoms with Crippen molar-refractivity contribution in [3.63, 3.8) is 0 Å². The molecular weight excluding hydrogens is 235 g/mol. The minimum atomic E-state index is -1.20. The highest BCUT2D eigenvalue weighted by molar-refractivity contribution is 5.84. The van der Waals surface area contributed by atoms with E-state index in [1.54, 1.807) is 0 Å². The highest BCUT2D eigenvalue weighted by Gasteiger charge is 2.14. The molecule has 1 amide bonds. The number of benzene rings is 1. The van der Waals surface area contributed by atoms with Crippen LogP contribution in [0.15, 0.2) is 12.1 Å². The Kier molecular flexibility index (Phi) is 4.81. The molecule has 1 N–H and O–H groups in total. The van der Waals surface area contributed by atoms with E-state index in [1.165, 1.54) is 0 Å². The fraction of sp³-hybridized carbons (Fsp3) is 0.273. The number of hydrogen-bond acceptors (Lipinski definition) is 2. The van der Waals surface area contributed by atoms with Crippen molar-refractivity contribution in [2.75, 3.05) is 11.9 Å². The van der Waals surface area contributed by atoms with Crippen LogP contribution in [0.25, 0.3) is 0 Å². The van der Waals surface area contributed by atoms with Gasteiger partial charge in [0.15, 0.2) is 11.6 Å². The zero-order valence-electron chi connectivity index (χ0n) is 8.93. The Labute approximate surface area is 96.6 Å². The van der Waals surface area contributed by atoms with Gasteiger partial charge in [0.05, 0.1) is 6.61 Å². The van der Waals surface area contributed by atoms with Crippen LogP contribution >= 0.6 is 0 Å². The Bertz CT molecular complexity index is 387. The number of ether oxygens (including phenoxy) is 1. The summed E-state index contributed by atoms with van der Waals surface area (Å²) in [6.45, 7) is 3.63. The number of anilines is 1. The van der Waals surface area contributed by atoms with E-state index in [-0.39, 0.29) is 6.61 Å². The van der Waals surface area contributed by atoms with Crippen molar-refractivity contribution in [3.05, 3.63) is 36.5 Å². The van der Waals surface area contributed by atoms with E-state index in [0.29, 0.717) is 25.0 Å². The third-order valence-corrected chi connectivity index (χ3v) is 1.86. The van der Waals surface area contributed by atoms with E-state index in [4.69, 9.17) is 0 Å². The van der Waals surface area contributed by atoms with Gasteiger partial charge >= 0.3 is 6.09 Å². The Morgan fingerprint density at radius 1 is 1.29 bits per heavy atom. The van der Waals surface area contributed by atoms with Crippen molar-refractivity contribution in [2.24, 2.45) is 0 Å². The van der Waals surface area contributed by atoms with Gasteiger partial charge in [0.1, 0.15) is 11.5 Å². The zero-order valence-corrected chi connectivity index (χ0v) is 8.93. The number of carbonyl (C=O) groups excluding carboxylic acids is 1. The molecule has 0 aliphatic rings. The van der Waals surface area contributed by atoms with Crippen LogP contribution < -0.4 is 5.32 Å². The maximum atomic E-state index is 13.1. The van der Waals surface area contributed by atoms with E-state index >= 15 is 0 Å². The fourth-order valence-corrected chi connectivity index (χ4v) is 1.07. The Morgan fingerprint density at radius 3 is 2.41 bits per heavy atom. The first-order valence-corrected chi connectivity index (χ1v) is 4.92. The molecule has 0 fully saturated rings. The Balaban J connectivity index is 2.65. The molecule has 3 nitrogen and oxygen atoms in total. The van der Waals surface area contributed by atoms with Crippen LogP contribution in [0.4, 0.5) is 23.7 Å². The molecule has 17 heavy (non-hydrogen) atoms. The van der Waals surface area contributed by atoms with Gasteiger partial charge in [-0.15, -0.1) is 0 Å². The second-order valence-electron chi connectivity index (χ2n) is 3.21. The van der Waals surface area contributed by atoms with Gasteiger partial charge in [-0.25, -0.2) is 18.0 Å². The molecule has 1 rings (SSSR count). The molecule has 0 atom stereocenters. The molecule has 1 radical (unpaired) electrons. The lowest BCUT2D eigenvalue weighted by atomic mass is 10.3. The maximum Gasteiger partial charge on any atom is 0.411 e. The average Bonchev–Trinajstić information content (AvgIpc) is 2.24. The highest BCUT2D eigenvalue weighted by Crippen LogP contribution is 2.20. The summed E-state index contributed by atoms with van der Waals surface area (Å²) in [6, 6.07) is 0.934. The van der Waals surface area contributed by atoms with E-state index in [2.05, 4.69) is 11.7 Å². The molecule has 0 aliphatic heterocycles. The first kappa shape index (κ1) is 13.3. The Morgan fingerprint density at radius 2 is 1.88 bits per heavy atom. The molecule has 0 unspecified atom stereocenters. The van der Waals surface area contributed by atoms with Gasteiger partial charge < -0.3 is 4.74 Å². The first-order chi connectivity index (χ1) is 8.04. The second kappa shape index (κ2) is 6.12. The molecule has 1 aromatic rings. The van der Waals surface area contributed by atoms with Crippen LogP contribution in [0.2, 0.25) is 0 Å². The fourth-order valence-electron chi connectivity index (χ4n) is 1.07. The largest absolute Gasteiger partial charge is 0.449 e. The predicted molar refractivity (Wildman–Crippen MR) is 55.9 cm³/mol. The normalized spacial score (nSPS) is 10.1. The van der Waals surface area contributed by atoms with Crippen molar-refractivity contribution in [1.82, 2.24) is 0 Å². The van der Waals surface area contributed by atoms with Crippen molar-refractivity contribution in [2.45, 2.75) is 12.8 Å². The minimum absolute atomic E-state index is 0.0970. The summed E-state index contributed by atoms with van der Waals surface area (Å²) in [5.41, 5.74) is -0.731. The lowest BCUT2D eigenvalue weighted by Gasteiger charge is -2.08. The molecule has 1 aromatic carbocycles. The molecule has 0 bridgehead atoms. The molecule has 0 saturated heterocycles. The van der Waals surface area contributed by atoms with Crippen molar-refractivity contribution >= 4 is 11.8 Å². The van der Waals surface area contributed by atoms with E-state index < -0.39 is 29.2 Å². The maximum absolute atomic E-state index is 13.1. The lowest BCUT2D eigenvalue weighted by Crippen LogP contribution is -2.16. The van der Waals surface area contributed by atoms with Gasteiger partial charge in [0.2, 0.25) is 0 Å². The molecular formula is C11H11F3NO2. The van der Waals surface area contributed by atoms with Crippen molar-refractivity contribution < 1.29 is 22.7 Å². The standard InChI is InChI=1S/C11H11F3NO2/c1-2-3-4-17-11(16)15-10-8(13)5-7(12)6-9(10)14/h5-6H,1-4H2,(H,15,16). The molecule has 0 aromatic heterocycles. The molecule has 0 spiro atoms. The van der Waals surface area contributed by atoms with Gasteiger partial charge in [-0.1, -0.05) is 13.3 Å². The molecule has 0 saturated carbocycles. The summed E-state index contributed by atoms with van der Waals surface area (Å²) in [5, 5.41) is 1.87. The summed E-state index contributed by atoms with van der Waals surface area (Å²) in [7, 11) is 0. The van der Waals surface area contributed by atoms with Gasteiger partial charge in [-0.2, -0.15) is 0 Å². The van der Waals surface area contributed by atoms with Gasteiger partial charge in [-0.3, -0.25) is 5.32 Å². The zero-order chi connectivity index (χ0) is 12.8. The molecule has 0 heterocycles. The minimum Gasteiger partial charge on any atom is -0.449 e. The SMILES string of the molecule is [CH2]CCCOC(=O)Nc1c(F)cc(F)cc1F. The third-order valence-electron chi connectivity index (χ3n) is 1.86. The van der Waals surface area contributed by atoms with Crippen LogP contribution in [-0.4, -0.2) is 12.7 Å². The van der Waals surface area contributed by atoms with Crippen LogP contribution in [0.5, 0.6) is 0 Å². The van der Waals surface area contributed by atoms with E-state index in [9.17, 15) is 18.0 Å². The molecule has 0 aliphatic carbocycles. The summed E-state index contributed by atoms with van der Waals surface area (Å²) in [6.07, 6.45) is 0.122. The lowest BCUT2D eigenvalue weighted by molar-refractivity contribution is 0.160. The first-order valence-electron chi connectivity index (χ1n) is 4.92. The number of rotatable bonds is 4. The quantitative estimate of drug-likeness (QED) is 0.828. The number of unbranched alkanes of at least 4 members (excludes halogenated alkanes) is 1. The van der Waals surface area contributed by atoms with Crippen LogP contribution in [0.1, 0.15) is 12.8 Å². The predicted octanol–water partition coefficient (Wildman–Crippen LogP) is 3.27. The number of carbonyl (C=O) groups is 1. The number of nitrogens with one attached hydrogen (secondary N) is 1. The van der Waals surface area contributed by atoms with Gasteiger partial charge in [-0.05, 0) is 6.42 Å². The van der Waals surface area contributed by atoms with Gasteiger partial charge in [0, 0.05) is 12.1 Å². The smallest absolute Gasteiger partial charge is 0.411 e. The van der Waals surface area contributed by atoms with Crippen LogP contribution in [0, 0.1) is 24.4 Å². The summed E-state index contributed by atoms with van der Waals surface area (Å²) in [5.74, 6) is -3.45. The van der Waals surface area contributed by atoms with Crippen LogP contribution in [0.3, 0.4) is 0 Å². The van der Waals surface area contributed by atoms with Crippen molar-refractivity contribution in [3.8, 4) is 0 Å². The topological polar surface area (TPSA) is 38.3 Å². The summed E-state index contributed by atoms with van der Waals surface area (Å²) in [4.78, 5) is 11.1. The van der Waals surface area contributed by atoms with Gasteiger partial charge in [0.25, 0.3) is 0 Å². The number of halogens is 3. The number of hydrogen-bond donors (Lipinski definition) is 1. The summed E-state index contributed by atoms with van der Waals surface area (Å²) < 4.78 is 43.4. The Hall–Kier alpha value is -1.72. The number of amides is 1. The second-order valence-corrected chi connectivity index (χ2v) is 3.21. The van der Waals surface area contributed by atoms with E-state index in [0.717, 1.165) is 0 Å². The third kappa shape index (κ3) is 3.97. The molecule has 93 valence electrons. The average molecular weight is 246 g/mol. The molecule has 6 heteroatoms. The highest BCUT2D eigenvalue weighted by atomic mass is 19.1. The van der Waals surface area contributed by atoms with Crippen molar-refractivity contribution in [1.29, 1.82) is 0 Å². The summed E-state index contributed by atoms with van der Waals surface area (Å²) >= 11 is 0. The van der Waals surface area contributed by atoms with E-state index in [1.807, 2.05) is 5.32 Å².